The lowest BCUT2D eigenvalue weighted by Crippen LogP contribution is -2.51. The van der Waals surface area contributed by atoms with E-state index < -0.39 is 0 Å². The number of anilines is 1. The molecule has 0 saturated carbocycles. The number of benzene rings is 1. The van der Waals surface area contributed by atoms with Crippen molar-refractivity contribution in [1.82, 2.24) is 4.90 Å². The lowest BCUT2D eigenvalue weighted by molar-refractivity contribution is -0.136. The minimum absolute atomic E-state index is 0.0127. The van der Waals surface area contributed by atoms with Crippen molar-refractivity contribution >= 4 is 23.2 Å². The number of hydrogen-bond acceptors (Lipinski definition) is 4. The second kappa shape index (κ2) is 6.50. The molecule has 0 radical (unpaired) electrons. The fourth-order valence-corrected chi connectivity index (χ4v) is 3.00. The summed E-state index contributed by atoms with van der Waals surface area (Å²) in [4.78, 5) is 26.6. The van der Waals surface area contributed by atoms with Gasteiger partial charge in [0.05, 0.1) is 17.9 Å². The standard InChI is InChI=1S/C17H21N3O3/c1-12-10-19(11-13(2)23-12)17(22)15-8-9-16(21)20(18-15)14-6-4-3-5-7-14/h3-7,12-13H,8-11H2,1-2H3/t12-,13-/m1/s1. The summed E-state index contributed by atoms with van der Waals surface area (Å²) in [5.74, 6) is -0.183. The van der Waals surface area contributed by atoms with E-state index in [0.717, 1.165) is 0 Å². The Morgan fingerprint density at radius 3 is 2.43 bits per heavy atom. The Hall–Kier alpha value is -2.21. The number of ether oxygens (including phenoxy) is 1. The predicted molar refractivity (Wildman–Crippen MR) is 87.2 cm³/mol. The Balaban J connectivity index is 1.81. The third-order valence-corrected chi connectivity index (χ3v) is 3.99. The highest BCUT2D eigenvalue weighted by Crippen LogP contribution is 2.21. The van der Waals surface area contributed by atoms with Crippen molar-refractivity contribution in [1.29, 1.82) is 0 Å². The van der Waals surface area contributed by atoms with Crippen molar-refractivity contribution in [3.05, 3.63) is 30.3 Å². The molecule has 6 nitrogen and oxygen atoms in total. The Labute approximate surface area is 135 Å². The normalized spacial score (nSPS) is 25.3. The van der Waals surface area contributed by atoms with E-state index in [4.69, 9.17) is 4.74 Å². The zero-order valence-corrected chi connectivity index (χ0v) is 13.4. The molecule has 1 saturated heterocycles. The van der Waals surface area contributed by atoms with Gasteiger partial charge in [0.2, 0.25) is 5.91 Å². The molecule has 2 aliphatic heterocycles. The molecule has 122 valence electrons. The molecule has 6 heteroatoms. The highest BCUT2D eigenvalue weighted by Gasteiger charge is 2.32. The van der Waals surface area contributed by atoms with E-state index in [1.54, 1.807) is 4.90 Å². The van der Waals surface area contributed by atoms with Crippen molar-refractivity contribution < 1.29 is 14.3 Å². The van der Waals surface area contributed by atoms with Crippen LogP contribution in [-0.2, 0) is 14.3 Å². The first kappa shape index (κ1) is 15.7. The minimum atomic E-state index is -0.0968. The van der Waals surface area contributed by atoms with E-state index in [9.17, 15) is 9.59 Å². The number of rotatable bonds is 2. The molecule has 1 fully saturated rings. The summed E-state index contributed by atoms with van der Waals surface area (Å²) in [6, 6.07) is 9.20. The third-order valence-electron chi connectivity index (χ3n) is 3.99. The molecule has 0 N–H and O–H groups in total. The van der Waals surface area contributed by atoms with Crippen LogP contribution in [0.3, 0.4) is 0 Å². The number of amides is 2. The zero-order valence-electron chi connectivity index (χ0n) is 13.4. The van der Waals surface area contributed by atoms with Crippen LogP contribution >= 0.6 is 0 Å². The van der Waals surface area contributed by atoms with E-state index >= 15 is 0 Å². The minimum Gasteiger partial charge on any atom is -0.372 e. The van der Waals surface area contributed by atoms with Crippen LogP contribution < -0.4 is 5.01 Å². The number of hydrazone groups is 1. The Bertz CT molecular complexity index is 619. The van der Waals surface area contributed by atoms with Gasteiger partial charge in [-0.1, -0.05) is 18.2 Å². The van der Waals surface area contributed by atoms with Crippen LogP contribution in [0.25, 0.3) is 0 Å². The zero-order chi connectivity index (χ0) is 16.4. The first-order valence-electron chi connectivity index (χ1n) is 7.95. The molecule has 0 unspecified atom stereocenters. The summed E-state index contributed by atoms with van der Waals surface area (Å²) in [5.41, 5.74) is 1.13. The summed E-state index contributed by atoms with van der Waals surface area (Å²) >= 11 is 0. The van der Waals surface area contributed by atoms with Gasteiger partial charge in [-0.05, 0) is 26.0 Å². The van der Waals surface area contributed by atoms with Gasteiger partial charge in [-0.2, -0.15) is 5.10 Å². The van der Waals surface area contributed by atoms with Crippen LogP contribution in [-0.4, -0.2) is 47.7 Å². The first-order valence-corrected chi connectivity index (χ1v) is 7.95. The number of carbonyl (C=O) groups excluding carboxylic acids is 2. The summed E-state index contributed by atoms with van der Waals surface area (Å²) in [6.45, 7) is 5.03. The summed E-state index contributed by atoms with van der Waals surface area (Å²) < 4.78 is 5.66. The van der Waals surface area contributed by atoms with Crippen LogP contribution in [0.2, 0.25) is 0 Å². The van der Waals surface area contributed by atoms with E-state index in [1.807, 2.05) is 44.2 Å². The average Bonchev–Trinajstić information content (AvgIpc) is 2.54. The Morgan fingerprint density at radius 1 is 1.13 bits per heavy atom. The Kier molecular flexibility index (Phi) is 4.43. The number of hydrogen-bond donors (Lipinski definition) is 0. The van der Waals surface area contributed by atoms with Gasteiger partial charge < -0.3 is 9.64 Å². The van der Waals surface area contributed by atoms with Gasteiger partial charge in [0.25, 0.3) is 5.91 Å². The van der Waals surface area contributed by atoms with Crippen molar-refractivity contribution in [2.45, 2.75) is 38.9 Å². The lowest BCUT2D eigenvalue weighted by atomic mass is 10.1. The summed E-state index contributed by atoms with van der Waals surface area (Å²) in [6.07, 6.45) is 0.716. The van der Waals surface area contributed by atoms with Gasteiger partial charge in [0, 0.05) is 25.9 Å². The third kappa shape index (κ3) is 3.42. The predicted octanol–water partition coefficient (Wildman–Crippen LogP) is 1.81. The van der Waals surface area contributed by atoms with Crippen LogP contribution in [0.4, 0.5) is 5.69 Å². The van der Waals surface area contributed by atoms with E-state index in [1.165, 1.54) is 5.01 Å². The maximum atomic E-state index is 12.7. The van der Waals surface area contributed by atoms with E-state index in [-0.39, 0.29) is 24.0 Å². The SMILES string of the molecule is C[C@@H]1CN(C(=O)C2=NN(c3ccccc3)C(=O)CC2)C[C@@H](C)O1. The molecule has 2 atom stereocenters. The largest absolute Gasteiger partial charge is 0.372 e. The molecule has 0 bridgehead atoms. The average molecular weight is 315 g/mol. The van der Waals surface area contributed by atoms with Gasteiger partial charge in [-0.25, -0.2) is 5.01 Å². The molecule has 0 spiro atoms. The topological polar surface area (TPSA) is 62.2 Å². The number of nitrogens with zero attached hydrogens (tertiary/aromatic N) is 3. The van der Waals surface area contributed by atoms with E-state index in [0.29, 0.717) is 37.3 Å². The van der Waals surface area contributed by atoms with Crippen molar-refractivity contribution in [2.75, 3.05) is 18.1 Å². The first-order chi connectivity index (χ1) is 11.0. The molecular formula is C17H21N3O3. The quantitative estimate of drug-likeness (QED) is 0.836. The van der Waals surface area contributed by atoms with Crippen LogP contribution in [0.1, 0.15) is 26.7 Å². The fourth-order valence-electron chi connectivity index (χ4n) is 3.00. The molecule has 0 aliphatic carbocycles. The van der Waals surface area contributed by atoms with Gasteiger partial charge in [-0.3, -0.25) is 9.59 Å². The molecule has 1 aromatic rings. The van der Waals surface area contributed by atoms with Crippen LogP contribution in [0.5, 0.6) is 0 Å². The second-order valence-electron chi connectivity index (χ2n) is 6.06. The van der Waals surface area contributed by atoms with Gasteiger partial charge in [-0.15, -0.1) is 0 Å². The van der Waals surface area contributed by atoms with Crippen LogP contribution in [0.15, 0.2) is 35.4 Å². The maximum absolute atomic E-state index is 12.7. The highest BCUT2D eigenvalue weighted by atomic mass is 16.5. The molecule has 1 aromatic carbocycles. The monoisotopic (exact) mass is 315 g/mol. The van der Waals surface area contributed by atoms with Crippen molar-refractivity contribution in [3.8, 4) is 0 Å². The van der Waals surface area contributed by atoms with Crippen LogP contribution in [0, 0.1) is 0 Å². The number of carbonyl (C=O) groups is 2. The highest BCUT2D eigenvalue weighted by molar-refractivity contribution is 6.40. The smallest absolute Gasteiger partial charge is 0.270 e. The summed E-state index contributed by atoms with van der Waals surface area (Å²) in [7, 11) is 0. The molecule has 0 aromatic heterocycles. The van der Waals surface area contributed by atoms with Crippen molar-refractivity contribution in [3.63, 3.8) is 0 Å². The van der Waals surface area contributed by atoms with Crippen molar-refractivity contribution in [2.24, 2.45) is 5.10 Å². The molecule has 2 amide bonds. The molecule has 2 aliphatic rings. The van der Waals surface area contributed by atoms with E-state index in [2.05, 4.69) is 5.10 Å². The maximum Gasteiger partial charge on any atom is 0.270 e. The Morgan fingerprint density at radius 2 is 1.78 bits per heavy atom. The van der Waals surface area contributed by atoms with Gasteiger partial charge in [0.1, 0.15) is 5.71 Å². The number of morpholine rings is 1. The fraction of sp³-hybridized carbons (Fsp3) is 0.471. The molecular weight excluding hydrogens is 294 g/mol. The lowest BCUT2D eigenvalue weighted by Gasteiger charge is -2.36. The van der Waals surface area contributed by atoms with Gasteiger partial charge >= 0.3 is 0 Å². The molecule has 2 heterocycles. The second-order valence-corrected chi connectivity index (χ2v) is 6.06. The summed E-state index contributed by atoms with van der Waals surface area (Å²) in [5, 5.41) is 5.66. The molecule has 3 rings (SSSR count). The molecule has 23 heavy (non-hydrogen) atoms. The number of para-hydroxylation sites is 1. The van der Waals surface area contributed by atoms with Gasteiger partial charge in [0.15, 0.2) is 0 Å².